The lowest BCUT2D eigenvalue weighted by molar-refractivity contribution is -0.121. The first-order valence-electron chi connectivity index (χ1n) is 5.90. The van der Waals surface area contributed by atoms with Crippen LogP contribution in [-0.4, -0.2) is 22.7 Å². The van der Waals surface area contributed by atoms with Gasteiger partial charge in [0.05, 0.1) is 5.60 Å². The Hall–Kier alpha value is -1.68. The molecule has 3 nitrogen and oxygen atoms in total. The highest BCUT2D eigenvalue weighted by molar-refractivity contribution is 5.87. The van der Waals surface area contributed by atoms with Crippen LogP contribution in [0.1, 0.15) is 18.4 Å². The number of hydrogen-bond acceptors (Lipinski definition) is 2. The van der Waals surface area contributed by atoms with Gasteiger partial charge in [0.15, 0.2) is 0 Å². The van der Waals surface area contributed by atoms with E-state index >= 15 is 0 Å². The average Bonchev–Trinajstić information content (AvgIpc) is 2.26. The molecule has 1 aromatic carbocycles. The van der Waals surface area contributed by atoms with Crippen LogP contribution in [0.5, 0.6) is 0 Å². The van der Waals surface area contributed by atoms with Crippen molar-refractivity contribution in [3.63, 3.8) is 0 Å². The lowest BCUT2D eigenvalue weighted by Gasteiger charge is -2.44. The Morgan fingerprint density at radius 3 is 2.94 bits per heavy atom. The van der Waals surface area contributed by atoms with E-state index in [1.807, 2.05) is 0 Å². The summed E-state index contributed by atoms with van der Waals surface area (Å²) >= 11 is 0. The first-order chi connectivity index (χ1) is 8.50. The maximum Gasteiger partial charge on any atom is 0.243 e. The van der Waals surface area contributed by atoms with E-state index in [0.717, 1.165) is 5.56 Å². The molecule has 2 rings (SSSR count). The molecule has 4 heteroatoms. The highest BCUT2D eigenvalue weighted by Gasteiger charge is 2.42. The number of carbonyl (C=O) groups is 1. The van der Waals surface area contributed by atoms with Gasteiger partial charge in [0.1, 0.15) is 5.82 Å². The van der Waals surface area contributed by atoms with Crippen molar-refractivity contribution >= 4 is 5.91 Å². The van der Waals surface area contributed by atoms with E-state index in [9.17, 15) is 14.3 Å². The molecule has 0 atom stereocenters. The monoisotopic (exact) mass is 249 g/mol. The minimum atomic E-state index is -0.840. The zero-order valence-electron chi connectivity index (χ0n) is 10.0. The van der Waals surface area contributed by atoms with E-state index in [2.05, 4.69) is 11.9 Å². The molecular formula is C14H16FNO2. The van der Waals surface area contributed by atoms with Crippen molar-refractivity contribution in [1.29, 1.82) is 0 Å². The summed E-state index contributed by atoms with van der Waals surface area (Å²) in [4.78, 5) is 11.1. The van der Waals surface area contributed by atoms with Gasteiger partial charge < -0.3 is 10.4 Å². The maximum atomic E-state index is 13.0. The number of nitrogens with one attached hydrogen (secondary N) is 1. The Morgan fingerprint density at radius 2 is 2.33 bits per heavy atom. The van der Waals surface area contributed by atoms with Crippen LogP contribution < -0.4 is 5.32 Å². The topological polar surface area (TPSA) is 49.3 Å². The molecule has 0 aromatic heterocycles. The molecule has 96 valence electrons. The molecular weight excluding hydrogens is 233 g/mol. The van der Waals surface area contributed by atoms with Gasteiger partial charge in [-0.05, 0) is 36.6 Å². The van der Waals surface area contributed by atoms with Gasteiger partial charge in [0, 0.05) is 12.5 Å². The van der Waals surface area contributed by atoms with E-state index in [0.29, 0.717) is 19.3 Å². The van der Waals surface area contributed by atoms with Crippen LogP contribution in [0.15, 0.2) is 36.9 Å². The van der Waals surface area contributed by atoms with Crippen molar-refractivity contribution < 1.29 is 14.3 Å². The van der Waals surface area contributed by atoms with E-state index in [1.165, 1.54) is 18.2 Å². The molecule has 1 fully saturated rings. The lowest BCUT2D eigenvalue weighted by atomic mass is 9.72. The first-order valence-corrected chi connectivity index (χ1v) is 5.90. The van der Waals surface area contributed by atoms with Gasteiger partial charge in [-0.2, -0.15) is 0 Å². The van der Waals surface area contributed by atoms with Gasteiger partial charge >= 0.3 is 0 Å². The third-order valence-corrected chi connectivity index (χ3v) is 3.21. The fourth-order valence-corrected chi connectivity index (χ4v) is 2.39. The van der Waals surface area contributed by atoms with Gasteiger partial charge in [-0.3, -0.25) is 4.79 Å². The van der Waals surface area contributed by atoms with Gasteiger partial charge in [-0.1, -0.05) is 18.7 Å². The number of carbonyl (C=O) groups excluding carboxylic acids is 1. The fraction of sp³-hybridized carbons (Fsp3) is 0.357. The number of benzene rings is 1. The second kappa shape index (κ2) is 4.90. The third kappa shape index (κ3) is 2.96. The Bertz CT molecular complexity index is 467. The summed E-state index contributed by atoms with van der Waals surface area (Å²) in [5, 5.41) is 12.9. The van der Waals surface area contributed by atoms with Gasteiger partial charge in [0.2, 0.25) is 5.91 Å². The molecule has 18 heavy (non-hydrogen) atoms. The van der Waals surface area contributed by atoms with Gasteiger partial charge in [0.25, 0.3) is 0 Å². The summed E-state index contributed by atoms with van der Waals surface area (Å²) in [6.07, 6.45) is 2.60. The normalized spacial score (nSPS) is 26.2. The van der Waals surface area contributed by atoms with Crippen molar-refractivity contribution in [2.45, 2.75) is 30.9 Å². The van der Waals surface area contributed by atoms with Crippen LogP contribution in [0.25, 0.3) is 0 Å². The number of hydrogen-bond donors (Lipinski definition) is 2. The average molecular weight is 249 g/mol. The molecule has 0 spiro atoms. The number of aliphatic hydroxyl groups is 1. The van der Waals surface area contributed by atoms with E-state index in [4.69, 9.17) is 0 Å². The van der Waals surface area contributed by atoms with E-state index in [-0.39, 0.29) is 17.8 Å². The summed E-state index contributed by atoms with van der Waals surface area (Å²) in [6, 6.07) is 6.20. The van der Waals surface area contributed by atoms with E-state index < -0.39 is 5.60 Å². The minimum Gasteiger partial charge on any atom is -0.389 e. The molecule has 1 amide bonds. The smallest absolute Gasteiger partial charge is 0.243 e. The van der Waals surface area contributed by atoms with Crippen LogP contribution in [0, 0.1) is 5.82 Å². The third-order valence-electron chi connectivity index (χ3n) is 3.21. The van der Waals surface area contributed by atoms with Crippen molar-refractivity contribution in [3.05, 3.63) is 48.3 Å². The number of rotatable bonds is 4. The van der Waals surface area contributed by atoms with Crippen molar-refractivity contribution in [2.75, 3.05) is 0 Å². The highest BCUT2D eigenvalue weighted by Crippen LogP contribution is 2.35. The summed E-state index contributed by atoms with van der Waals surface area (Å²) in [5.74, 6) is -0.528. The predicted molar refractivity (Wildman–Crippen MR) is 66.4 cm³/mol. The molecule has 0 bridgehead atoms. The van der Waals surface area contributed by atoms with Crippen LogP contribution in [0.3, 0.4) is 0 Å². The Kier molecular flexibility index (Phi) is 3.48. The molecule has 0 unspecified atom stereocenters. The van der Waals surface area contributed by atoms with Crippen molar-refractivity contribution in [3.8, 4) is 0 Å². The quantitative estimate of drug-likeness (QED) is 0.796. The summed E-state index contributed by atoms with van der Waals surface area (Å²) < 4.78 is 13.0. The molecule has 0 radical (unpaired) electrons. The Labute approximate surface area is 105 Å². The number of amides is 1. The zero-order valence-corrected chi connectivity index (χ0v) is 10.0. The molecule has 1 aliphatic carbocycles. The summed E-state index contributed by atoms with van der Waals surface area (Å²) in [6.45, 7) is 3.37. The molecule has 0 saturated heterocycles. The van der Waals surface area contributed by atoms with E-state index in [1.54, 1.807) is 12.1 Å². The molecule has 1 aromatic rings. The molecule has 0 heterocycles. The Balaban J connectivity index is 1.88. The fourth-order valence-electron chi connectivity index (χ4n) is 2.39. The molecule has 2 N–H and O–H groups in total. The molecule has 1 saturated carbocycles. The van der Waals surface area contributed by atoms with Crippen molar-refractivity contribution in [1.82, 2.24) is 5.32 Å². The zero-order chi connectivity index (χ0) is 13.2. The minimum absolute atomic E-state index is 0.0194. The SMILES string of the molecule is C=CC(=O)NC1CC(O)(Cc2cccc(F)c2)C1. The highest BCUT2D eigenvalue weighted by atomic mass is 19.1. The van der Waals surface area contributed by atoms with Crippen LogP contribution >= 0.6 is 0 Å². The summed E-state index contributed by atoms with van der Waals surface area (Å²) in [5.41, 5.74) is -0.0709. The second-order valence-electron chi connectivity index (χ2n) is 4.85. The molecule has 1 aliphatic rings. The first kappa shape index (κ1) is 12.8. The van der Waals surface area contributed by atoms with Crippen LogP contribution in [0.2, 0.25) is 0 Å². The molecule has 0 aliphatic heterocycles. The van der Waals surface area contributed by atoms with Gasteiger partial charge in [-0.25, -0.2) is 4.39 Å². The summed E-state index contributed by atoms with van der Waals surface area (Å²) in [7, 11) is 0. The standard InChI is InChI=1S/C14H16FNO2/c1-2-13(17)16-12-8-14(18,9-12)7-10-4-3-5-11(15)6-10/h2-6,12,18H,1,7-9H2,(H,16,17). The van der Waals surface area contributed by atoms with Crippen LogP contribution in [-0.2, 0) is 11.2 Å². The second-order valence-corrected chi connectivity index (χ2v) is 4.85. The van der Waals surface area contributed by atoms with Crippen molar-refractivity contribution in [2.24, 2.45) is 0 Å². The predicted octanol–water partition coefficient (Wildman–Crippen LogP) is 1.56. The van der Waals surface area contributed by atoms with Gasteiger partial charge in [-0.15, -0.1) is 0 Å². The maximum absolute atomic E-state index is 13.0. The Morgan fingerprint density at radius 1 is 1.61 bits per heavy atom. The van der Waals surface area contributed by atoms with Crippen LogP contribution in [0.4, 0.5) is 4.39 Å². The lowest BCUT2D eigenvalue weighted by Crippen LogP contribution is -2.55. The number of halogens is 1. The largest absolute Gasteiger partial charge is 0.389 e.